The first-order valence-corrected chi connectivity index (χ1v) is 12.2. The molecule has 0 aromatic heterocycles. The first-order valence-electron chi connectivity index (χ1n) is 12.2. The third kappa shape index (κ3) is 4.76. The number of nitrogens with one attached hydrogen (secondary N) is 1. The molecular formula is C29H32FN3O2. The molecule has 1 N–H and O–H groups in total. The van der Waals surface area contributed by atoms with Crippen LogP contribution in [-0.4, -0.2) is 37.7 Å². The SMILES string of the molecule is COc1ccc2c(c1)C1(CCN(Cc3cc(C)cc(C)c3)CC1)CN2C(=O)Nc1ccc(F)cc1. The number of anilines is 2. The van der Waals surface area contributed by atoms with Gasteiger partial charge in [-0.2, -0.15) is 0 Å². The molecule has 0 bridgehead atoms. The highest BCUT2D eigenvalue weighted by Crippen LogP contribution is 2.48. The van der Waals surface area contributed by atoms with Gasteiger partial charge in [0.2, 0.25) is 0 Å². The van der Waals surface area contributed by atoms with Crippen molar-refractivity contribution in [2.24, 2.45) is 0 Å². The maximum absolute atomic E-state index is 13.3. The monoisotopic (exact) mass is 473 g/mol. The number of benzene rings is 3. The number of rotatable bonds is 4. The quantitative estimate of drug-likeness (QED) is 0.503. The minimum Gasteiger partial charge on any atom is -0.497 e. The van der Waals surface area contributed by atoms with Gasteiger partial charge in [0.05, 0.1) is 7.11 Å². The van der Waals surface area contributed by atoms with E-state index in [2.05, 4.69) is 48.3 Å². The van der Waals surface area contributed by atoms with E-state index in [9.17, 15) is 9.18 Å². The molecule has 5 rings (SSSR count). The van der Waals surface area contributed by atoms with E-state index in [-0.39, 0.29) is 17.3 Å². The molecule has 3 aromatic carbocycles. The van der Waals surface area contributed by atoms with E-state index in [1.54, 1.807) is 19.2 Å². The number of fused-ring (bicyclic) bond motifs is 2. The number of likely N-dealkylation sites (tertiary alicyclic amines) is 1. The van der Waals surface area contributed by atoms with E-state index >= 15 is 0 Å². The van der Waals surface area contributed by atoms with Crippen LogP contribution in [0.25, 0.3) is 0 Å². The minimum atomic E-state index is -0.326. The number of hydrogen-bond donors (Lipinski definition) is 1. The van der Waals surface area contributed by atoms with E-state index < -0.39 is 0 Å². The van der Waals surface area contributed by atoms with Crippen LogP contribution in [0.4, 0.5) is 20.6 Å². The molecule has 35 heavy (non-hydrogen) atoms. The summed E-state index contributed by atoms with van der Waals surface area (Å²) in [5, 5.41) is 2.93. The standard InChI is InChI=1S/C29H32FN3O2/c1-20-14-21(2)16-22(15-20)18-32-12-10-29(11-13-32)19-33(27-9-8-25(35-3)17-26(27)29)28(34)31-24-6-4-23(30)5-7-24/h4-9,14-17H,10-13,18-19H2,1-3H3,(H,31,34). The van der Waals surface area contributed by atoms with Crippen molar-refractivity contribution in [1.82, 2.24) is 4.90 Å². The molecule has 2 heterocycles. The number of amides is 2. The van der Waals surface area contributed by atoms with E-state index in [0.717, 1.165) is 43.9 Å². The van der Waals surface area contributed by atoms with Gasteiger partial charge in [-0.3, -0.25) is 9.80 Å². The zero-order chi connectivity index (χ0) is 24.6. The fourth-order valence-electron chi connectivity index (χ4n) is 5.67. The van der Waals surface area contributed by atoms with Crippen LogP contribution in [0.5, 0.6) is 5.75 Å². The van der Waals surface area contributed by atoms with E-state index in [1.807, 2.05) is 17.0 Å². The zero-order valence-corrected chi connectivity index (χ0v) is 20.6. The van der Waals surface area contributed by atoms with Crippen LogP contribution >= 0.6 is 0 Å². The molecule has 2 aliphatic heterocycles. The Labute approximate surface area is 206 Å². The minimum absolute atomic E-state index is 0.108. The van der Waals surface area contributed by atoms with Crippen molar-refractivity contribution in [2.45, 2.75) is 38.6 Å². The van der Waals surface area contributed by atoms with Gasteiger partial charge in [0, 0.05) is 29.9 Å². The molecule has 0 saturated carbocycles. The van der Waals surface area contributed by atoms with Crippen molar-refractivity contribution in [1.29, 1.82) is 0 Å². The van der Waals surface area contributed by atoms with Crippen molar-refractivity contribution in [2.75, 3.05) is 37.0 Å². The second kappa shape index (κ2) is 9.34. The van der Waals surface area contributed by atoms with Crippen LogP contribution in [0.15, 0.2) is 60.7 Å². The summed E-state index contributed by atoms with van der Waals surface area (Å²) in [5.74, 6) is 0.481. The second-order valence-corrected chi connectivity index (χ2v) is 9.96. The molecule has 0 unspecified atom stereocenters. The van der Waals surface area contributed by atoms with Crippen LogP contribution < -0.4 is 15.0 Å². The average Bonchev–Trinajstić information content (AvgIpc) is 3.15. The third-order valence-electron chi connectivity index (χ3n) is 7.37. The number of nitrogens with zero attached hydrogens (tertiary/aromatic N) is 2. The Balaban J connectivity index is 1.35. The van der Waals surface area contributed by atoms with Gasteiger partial charge >= 0.3 is 6.03 Å². The smallest absolute Gasteiger partial charge is 0.326 e. The van der Waals surface area contributed by atoms with Gasteiger partial charge in [-0.1, -0.05) is 29.3 Å². The van der Waals surface area contributed by atoms with Gasteiger partial charge in [-0.15, -0.1) is 0 Å². The highest BCUT2D eigenvalue weighted by molar-refractivity contribution is 6.03. The average molecular weight is 474 g/mol. The molecule has 1 fully saturated rings. The normalized spacial score (nSPS) is 16.9. The number of urea groups is 1. The number of hydrogen-bond acceptors (Lipinski definition) is 3. The van der Waals surface area contributed by atoms with E-state index in [4.69, 9.17) is 4.74 Å². The first kappa shape index (κ1) is 23.4. The number of halogens is 1. The maximum Gasteiger partial charge on any atom is 0.326 e. The third-order valence-corrected chi connectivity index (χ3v) is 7.37. The Morgan fingerprint density at radius 1 is 1.00 bits per heavy atom. The molecule has 0 radical (unpaired) electrons. The molecular weight excluding hydrogens is 441 g/mol. The molecule has 3 aromatic rings. The lowest BCUT2D eigenvalue weighted by molar-refractivity contribution is 0.160. The lowest BCUT2D eigenvalue weighted by Gasteiger charge is -2.40. The highest BCUT2D eigenvalue weighted by Gasteiger charge is 2.46. The van der Waals surface area contributed by atoms with Crippen molar-refractivity contribution in [3.63, 3.8) is 0 Å². The fraction of sp³-hybridized carbons (Fsp3) is 0.345. The Bertz CT molecular complexity index is 1210. The number of piperidine rings is 1. The molecule has 0 aliphatic carbocycles. The fourth-order valence-corrected chi connectivity index (χ4v) is 5.67. The molecule has 5 nitrogen and oxygen atoms in total. The van der Waals surface area contributed by atoms with Crippen LogP contribution in [-0.2, 0) is 12.0 Å². The number of methoxy groups -OCH3 is 1. The predicted molar refractivity (Wildman–Crippen MR) is 138 cm³/mol. The van der Waals surface area contributed by atoms with E-state index in [0.29, 0.717) is 12.2 Å². The van der Waals surface area contributed by atoms with Gasteiger partial charge in [-0.05, 0) is 93.4 Å². The molecule has 1 spiro atoms. The molecule has 1 saturated heterocycles. The molecule has 182 valence electrons. The predicted octanol–water partition coefficient (Wildman–Crippen LogP) is 6.04. The number of ether oxygens (including phenoxy) is 1. The van der Waals surface area contributed by atoms with Crippen LogP contribution in [0, 0.1) is 19.7 Å². The van der Waals surface area contributed by atoms with Crippen molar-refractivity contribution in [3.8, 4) is 5.75 Å². The number of aryl methyl sites for hydroxylation is 2. The summed E-state index contributed by atoms with van der Waals surface area (Å²) < 4.78 is 18.8. The summed E-state index contributed by atoms with van der Waals surface area (Å²) in [6, 6.07) is 18.4. The Kier molecular flexibility index (Phi) is 6.24. The molecule has 6 heteroatoms. The second-order valence-electron chi connectivity index (χ2n) is 9.96. The topological polar surface area (TPSA) is 44.8 Å². The first-order chi connectivity index (χ1) is 16.8. The lowest BCUT2D eigenvalue weighted by atomic mass is 9.74. The highest BCUT2D eigenvalue weighted by atomic mass is 19.1. The molecule has 2 amide bonds. The summed E-state index contributed by atoms with van der Waals surface area (Å²) in [4.78, 5) is 17.6. The van der Waals surface area contributed by atoms with Crippen LogP contribution in [0.2, 0.25) is 0 Å². The van der Waals surface area contributed by atoms with Gasteiger partial charge in [-0.25, -0.2) is 9.18 Å². The summed E-state index contributed by atoms with van der Waals surface area (Å²) in [7, 11) is 1.68. The molecule has 0 atom stereocenters. The van der Waals surface area contributed by atoms with Gasteiger partial charge in [0.15, 0.2) is 0 Å². The Morgan fingerprint density at radius 2 is 1.69 bits per heavy atom. The summed E-state index contributed by atoms with van der Waals surface area (Å²) in [6.45, 7) is 7.80. The number of carbonyl (C=O) groups is 1. The maximum atomic E-state index is 13.3. The van der Waals surface area contributed by atoms with E-state index in [1.165, 1.54) is 34.4 Å². The van der Waals surface area contributed by atoms with Gasteiger partial charge in [0.25, 0.3) is 0 Å². The summed E-state index contributed by atoms with van der Waals surface area (Å²) in [6.07, 6.45) is 1.94. The van der Waals surface area contributed by atoms with Gasteiger partial charge in [0.1, 0.15) is 11.6 Å². The van der Waals surface area contributed by atoms with Crippen molar-refractivity contribution >= 4 is 17.4 Å². The Hall–Kier alpha value is -3.38. The number of carbonyl (C=O) groups excluding carboxylic acids is 1. The van der Waals surface area contributed by atoms with Crippen LogP contribution in [0.3, 0.4) is 0 Å². The Morgan fingerprint density at radius 3 is 2.34 bits per heavy atom. The van der Waals surface area contributed by atoms with Crippen molar-refractivity contribution < 1.29 is 13.9 Å². The summed E-state index contributed by atoms with van der Waals surface area (Å²) >= 11 is 0. The molecule has 2 aliphatic rings. The van der Waals surface area contributed by atoms with Gasteiger partial charge < -0.3 is 10.1 Å². The lowest BCUT2D eigenvalue weighted by Crippen LogP contribution is -2.46. The summed E-state index contributed by atoms with van der Waals surface area (Å²) in [5.41, 5.74) is 6.53. The van der Waals surface area contributed by atoms with Crippen LogP contribution in [0.1, 0.15) is 35.1 Å². The van der Waals surface area contributed by atoms with Crippen molar-refractivity contribution in [3.05, 3.63) is 88.7 Å². The largest absolute Gasteiger partial charge is 0.497 e. The zero-order valence-electron chi connectivity index (χ0n) is 20.6.